The van der Waals surface area contributed by atoms with Gasteiger partial charge in [-0.1, -0.05) is 49.7 Å². The molecule has 3 rings (SSSR count). The van der Waals surface area contributed by atoms with Gasteiger partial charge in [0.1, 0.15) is 5.75 Å². The molecule has 0 saturated carbocycles. The van der Waals surface area contributed by atoms with Crippen molar-refractivity contribution < 1.29 is 5.11 Å². The van der Waals surface area contributed by atoms with E-state index in [2.05, 4.69) is 36.9 Å². The predicted octanol–water partition coefficient (Wildman–Crippen LogP) is 4.73. The average Bonchev–Trinajstić information content (AvgIpc) is 2.96. The molecule has 1 aliphatic rings. The Kier molecular flexibility index (Phi) is 4.16. The van der Waals surface area contributed by atoms with Crippen molar-refractivity contribution in [3.05, 3.63) is 42.0 Å². The molecule has 2 unspecified atom stereocenters. The van der Waals surface area contributed by atoms with Gasteiger partial charge in [-0.25, -0.2) is 0 Å². The number of fused-ring (bicyclic) bond motifs is 1. The van der Waals surface area contributed by atoms with E-state index >= 15 is 0 Å². The summed E-state index contributed by atoms with van der Waals surface area (Å²) in [5, 5.41) is 12.7. The van der Waals surface area contributed by atoms with Gasteiger partial charge in [0.2, 0.25) is 0 Å². The average molecular weight is 283 g/mol. The van der Waals surface area contributed by atoms with Gasteiger partial charge in [0, 0.05) is 23.5 Å². The first-order valence-electron chi connectivity index (χ1n) is 8.15. The standard InChI is InChI=1S/C19H25NO/c1-3-6-15-11-12-20(13-15)14(2)17-10-9-16-7-4-5-8-18(16)19(17)21/h4-5,7-10,14-15,21H,3,6,11-13H2,1-2H3. The molecular weight excluding hydrogens is 258 g/mol. The molecule has 2 atom stereocenters. The van der Waals surface area contributed by atoms with Crippen LogP contribution in [0.3, 0.4) is 0 Å². The number of hydrogen-bond donors (Lipinski definition) is 1. The van der Waals surface area contributed by atoms with Crippen LogP contribution < -0.4 is 0 Å². The number of phenolic OH excluding ortho intramolecular Hbond substituents is 1. The number of hydrogen-bond acceptors (Lipinski definition) is 2. The number of benzene rings is 2. The van der Waals surface area contributed by atoms with E-state index in [0.717, 1.165) is 28.8 Å². The lowest BCUT2D eigenvalue weighted by Crippen LogP contribution is -2.24. The molecule has 1 N–H and O–H groups in total. The minimum atomic E-state index is 0.288. The summed E-state index contributed by atoms with van der Waals surface area (Å²) in [6, 6.07) is 12.6. The zero-order chi connectivity index (χ0) is 14.8. The predicted molar refractivity (Wildman–Crippen MR) is 88.6 cm³/mol. The number of phenols is 1. The highest BCUT2D eigenvalue weighted by molar-refractivity contribution is 5.89. The Balaban J connectivity index is 1.85. The summed E-state index contributed by atoms with van der Waals surface area (Å²) in [5.41, 5.74) is 1.06. The van der Waals surface area contributed by atoms with Crippen molar-refractivity contribution in [3.8, 4) is 5.75 Å². The molecular formula is C19H25NO. The van der Waals surface area contributed by atoms with Gasteiger partial charge in [-0.15, -0.1) is 0 Å². The molecule has 0 bridgehead atoms. The molecule has 21 heavy (non-hydrogen) atoms. The lowest BCUT2D eigenvalue weighted by atomic mass is 10.00. The zero-order valence-electron chi connectivity index (χ0n) is 13.0. The Morgan fingerprint density at radius 3 is 2.86 bits per heavy atom. The van der Waals surface area contributed by atoms with Gasteiger partial charge in [-0.05, 0) is 37.6 Å². The molecule has 1 aliphatic heterocycles. The van der Waals surface area contributed by atoms with Gasteiger partial charge in [-0.2, -0.15) is 0 Å². The molecule has 0 amide bonds. The number of rotatable bonds is 4. The van der Waals surface area contributed by atoms with Crippen molar-refractivity contribution in [2.75, 3.05) is 13.1 Å². The van der Waals surface area contributed by atoms with Crippen LogP contribution in [-0.4, -0.2) is 23.1 Å². The third kappa shape index (κ3) is 2.77. The van der Waals surface area contributed by atoms with E-state index in [1.54, 1.807) is 0 Å². The van der Waals surface area contributed by atoms with Crippen LogP contribution in [0.2, 0.25) is 0 Å². The van der Waals surface area contributed by atoms with Crippen LogP contribution in [0.5, 0.6) is 5.75 Å². The summed E-state index contributed by atoms with van der Waals surface area (Å²) in [7, 11) is 0. The van der Waals surface area contributed by atoms with E-state index in [9.17, 15) is 5.11 Å². The van der Waals surface area contributed by atoms with E-state index in [-0.39, 0.29) is 6.04 Å². The lowest BCUT2D eigenvalue weighted by Gasteiger charge is -2.26. The van der Waals surface area contributed by atoms with Crippen molar-refractivity contribution in [2.24, 2.45) is 5.92 Å². The van der Waals surface area contributed by atoms with Crippen LogP contribution in [-0.2, 0) is 0 Å². The summed E-state index contributed by atoms with van der Waals surface area (Å²) in [5.74, 6) is 1.29. The minimum absolute atomic E-state index is 0.288. The van der Waals surface area contributed by atoms with Crippen molar-refractivity contribution in [1.82, 2.24) is 4.90 Å². The highest BCUT2D eigenvalue weighted by Gasteiger charge is 2.27. The molecule has 1 fully saturated rings. The number of nitrogens with zero attached hydrogens (tertiary/aromatic N) is 1. The Labute approximate surface area is 127 Å². The number of likely N-dealkylation sites (tertiary alicyclic amines) is 1. The van der Waals surface area contributed by atoms with Crippen molar-refractivity contribution in [3.63, 3.8) is 0 Å². The summed E-state index contributed by atoms with van der Waals surface area (Å²) in [6.07, 6.45) is 3.90. The summed E-state index contributed by atoms with van der Waals surface area (Å²) in [6.45, 7) is 6.80. The van der Waals surface area contributed by atoms with Crippen molar-refractivity contribution in [2.45, 2.75) is 39.2 Å². The first-order chi connectivity index (χ1) is 10.2. The highest BCUT2D eigenvalue weighted by Crippen LogP contribution is 2.37. The second-order valence-electron chi connectivity index (χ2n) is 6.34. The number of aromatic hydroxyl groups is 1. The lowest BCUT2D eigenvalue weighted by molar-refractivity contribution is 0.246. The maximum Gasteiger partial charge on any atom is 0.128 e. The maximum atomic E-state index is 10.6. The van der Waals surface area contributed by atoms with Gasteiger partial charge in [0.05, 0.1) is 0 Å². The topological polar surface area (TPSA) is 23.5 Å². The van der Waals surface area contributed by atoms with Gasteiger partial charge in [0.25, 0.3) is 0 Å². The fourth-order valence-corrected chi connectivity index (χ4v) is 3.66. The molecule has 2 aromatic rings. The summed E-state index contributed by atoms with van der Waals surface area (Å²) in [4.78, 5) is 2.52. The first kappa shape index (κ1) is 14.4. The van der Waals surface area contributed by atoms with E-state index in [1.165, 1.54) is 25.8 Å². The van der Waals surface area contributed by atoms with E-state index in [1.807, 2.05) is 18.2 Å². The van der Waals surface area contributed by atoms with Crippen LogP contribution >= 0.6 is 0 Å². The van der Waals surface area contributed by atoms with Crippen LogP contribution in [0.15, 0.2) is 36.4 Å². The van der Waals surface area contributed by atoms with E-state index in [0.29, 0.717) is 5.75 Å². The molecule has 2 heteroatoms. The molecule has 0 aliphatic carbocycles. The zero-order valence-corrected chi connectivity index (χ0v) is 13.0. The monoisotopic (exact) mass is 283 g/mol. The van der Waals surface area contributed by atoms with Gasteiger partial charge < -0.3 is 5.11 Å². The van der Waals surface area contributed by atoms with E-state index < -0.39 is 0 Å². The third-order valence-electron chi connectivity index (χ3n) is 4.94. The van der Waals surface area contributed by atoms with Crippen molar-refractivity contribution in [1.29, 1.82) is 0 Å². The van der Waals surface area contributed by atoms with Gasteiger partial charge in [0.15, 0.2) is 0 Å². The Morgan fingerprint density at radius 2 is 2.05 bits per heavy atom. The highest BCUT2D eigenvalue weighted by atomic mass is 16.3. The molecule has 0 spiro atoms. The van der Waals surface area contributed by atoms with E-state index in [4.69, 9.17) is 0 Å². The van der Waals surface area contributed by atoms with Crippen LogP contribution in [0.1, 0.15) is 44.7 Å². The molecule has 1 saturated heterocycles. The maximum absolute atomic E-state index is 10.6. The Bertz CT molecular complexity index is 622. The van der Waals surface area contributed by atoms with Gasteiger partial charge in [-0.3, -0.25) is 4.90 Å². The first-order valence-corrected chi connectivity index (χ1v) is 8.15. The fourth-order valence-electron chi connectivity index (χ4n) is 3.66. The normalized spacial score (nSPS) is 21.0. The third-order valence-corrected chi connectivity index (χ3v) is 4.94. The minimum Gasteiger partial charge on any atom is -0.507 e. The molecule has 1 heterocycles. The van der Waals surface area contributed by atoms with Crippen LogP contribution in [0, 0.1) is 5.92 Å². The molecule has 2 nitrogen and oxygen atoms in total. The quantitative estimate of drug-likeness (QED) is 0.877. The largest absolute Gasteiger partial charge is 0.507 e. The van der Waals surface area contributed by atoms with Crippen LogP contribution in [0.25, 0.3) is 10.8 Å². The SMILES string of the molecule is CCCC1CCN(C(C)c2ccc3ccccc3c2O)C1. The van der Waals surface area contributed by atoms with Crippen molar-refractivity contribution >= 4 is 10.8 Å². The summed E-state index contributed by atoms with van der Waals surface area (Å²) < 4.78 is 0. The smallest absolute Gasteiger partial charge is 0.128 e. The van der Waals surface area contributed by atoms with Crippen LogP contribution in [0.4, 0.5) is 0 Å². The fraction of sp³-hybridized carbons (Fsp3) is 0.474. The molecule has 0 aromatic heterocycles. The second kappa shape index (κ2) is 6.07. The molecule has 0 radical (unpaired) electrons. The Morgan fingerprint density at radius 1 is 1.24 bits per heavy atom. The second-order valence-corrected chi connectivity index (χ2v) is 6.34. The molecule has 2 aromatic carbocycles. The molecule has 112 valence electrons. The summed E-state index contributed by atoms with van der Waals surface area (Å²) >= 11 is 0. The van der Waals surface area contributed by atoms with Gasteiger partial charge >= 0.3 is 0 Å². The Hall–Kier alpha value is -1.54.